The Kier molecular flexibility index (Phi) is 1.70. The normalized spacial score (nSPS) is 22.8. The van der Waals surface area contributed by atoms with Crippen LogP contribution in [0.4, 0.5) is 0 Å². The van der Waals surface area contributed by atoms with Gasteiger partial charge in [-0.05, 0) is 0 Å². The van der Waals surface area contributed by atoms with Crippen LogP contribution in [0.1, 0.15) is 0 Å². The first-order chi connectivity index (χ1) is 7.74. The molecule has 0 atom stereocenters. The van der Waals surface area contributed by atoms with Gasteiger partial charge in [-0.2, -0.15) is 0 Å². The van der Waals surface area contributed by atoms with Crippen LogP contribution in [0.3, 0.4) is 0 Å². The van der Waals surface area contributed by atoms with Crippen molar-refractivity contribution in [2.24, 2.45) is 11.5 Å². The van der Waals surface area contributed by atoms with E-state index in [4.69, 9.17) is 11.5 Å². The van der Waals surface area contributed by atoms with Crippen molar-refractivity contribution >= 4 is 0 Å². The lowest BCUT2D eigenvalue weighted by molar-refractivity contribution is 0.630. The summed E-state index contributed by atoms with van der Waals surface area (Å²) in [6.45, 7) is 1.78. The van der Waals surface area contributed by atoms with Crippen LogP contribution in [-0.4, -0.2) is 13.1 Å². The van der Waals surface area contributed by atoms with Gasteiger partial charge in [0, 0.05) is 13.1 Å². The maximum absolute atomic E-state index is 5.63. The summed E-state index contributed by atoms with van der Waals surface area (Å²) in [4.78, 5) is 0. The van der Waals surface area contributed by atoms with Crippen LogP contribution >= 0.6 is 0 Å². The lowest BCUT2D eigenvalue weighted by atomic mass is 10.5. The summed E-state index contributed by atoms with van der Waals surface area (Å²) in [5.74, 6) is 4.22. The number of hydrogen-bond donors (Lipinski definition) is 8. The molecule has 3 heterocycles. The molecule has 3 rings (SSSR count). The van der Waals surface area contributed by atoms with E-state index >= 15 is 0 Å². The zero-order chi connectivity index (χ0) is 11.1. The predicted molar refractivity (Wildman–Crippen MR) is 58.0 cm³/mol. The molecule has 0 unspecified atom stereocenters. The molecular weight excluding hydrogens is 208 g/mol. The highest BCUT2D eigenvalue weighted by Crippen LogP contribution is 2.12. The summed E-state index contributed by atoms with van der Waals surface area (Å²) in [6.07, 6.45) is 0. The van der Waals surface area contributed by atoms with Gasteiger partial charge < -0.3 is 43.4 Å². The molecule has 16 heavy (non-hydrogen) atoms. The Morgan fingerprint density at radius 1 is 0.625 bits per heavy atom. The van der Waals surface area contributed by atoms with Gasteiger partial charge in [0.15, 0.2) is 11.6 Å². The molecule has 0 aliphatic carbocycles. The topological polar surface area (TPSA) is 124 Å². The van der Waals surface area contributed by atoms with Gasteiger partial charge in [0.25, 0.3) is 0 Å². The molecule has 0 aromatic carbocycles. The third-order valence-electron chi connectivity index (χ3n) is 2.54. The van der Waals surface area contributed by atoms with Crippen LogP contribution in [0.15, 0.2) is 34.9 Å². The quantitative estimate of drug-likeness (QED) is 0.216. The Balaban J connectivity index is 1.79. The van der Waals surface area contributed by atoms with Crippen molar-refractivity contribution in [3.8, 4) is 0 Å². The Morgan fingerprint density at radius 2 is 1.06 bits per heavy atom. The molecule has 0 saturated carbocycles. The molecule has 8 nitrogen and oxygen atoms in total. The van der Waals surface area contributed by atoms with Gasteiger partial charge in [-0.3, -0.25) is 0 Å². The Bertz CT molecular complexity index is 395. The molecule has 0 aromatic heterocycles. The van der Waals surface area contributed by atoms with Gasteiger partial charge in [0.1, 0.15) is 23.3 Å². The zero-order valence-corrected chi connectivity index (χ0v) is 8.57. The second-order valence-electron chi connectivity index (χ2n) is 3.68. The maximum atomic E-state index is 5.63. The minimum absolute atomic E-state index is 0.428. The standard InChI is InChI=1S/C8H14N8/c9-3-4(10)14-7(13-3)8-15-5-6(16-8)12-2-1-11-5/h11-16H,1-2,9-10H2. The highest BCUT2D eigenvalue weighted by Gasteiger charge is 2.25. The van der Waals surface area contributed by atoms with E-state index in [0.717, 1.165) is 30.6 Å². The molecule has 0 bridgehead atoms. The monoisotopic (exact) mass is 222 g/mol. The van der Waals surface area contributed by atoms with Crippen LogP contribution < -0.4 is 43.4 Å². The molecule has 8 heteroatoms. The molecule has 0 spiro atoms. The van der Waals surface area contributed by atoms with Crippen molar-refractivity contribution in [2.75, 3.05) is 13.1 Å². The van der Waals surface area contributed by atoms with Crippen LogP contribution in [-0.2, 0) is 0 Å². The Morgan fingerprint density at radius 3 is 1.56 bits per heavy atom. The summed E-state index contributed by atoms with van der Waals surface area (Å²) >= 11 is 0. The van der Waals surface area contributed by atoms with Crippen LogP contribution in [0.2, 0.25) is 0 Å². The van der Waals surface area contributed by atoms with Crippen LogP contribution in [0, 0.1) is 0 Å². The van der Waals surface area contributed by atoms with E-state index in [1.807, 2.05) is 0 Å². The first kappa shape index (κ1) is 8.89. The fourth-order valence-electron chi connectivity index (χ4n) is 1.73. The minimum atomic E-state index is 0.428. The molecule has 0 amide bonds. The van der Waals surface area contributed by atoms with E-state index in [1.54, 1.807) is 0 Å². The highest BCUT2D eigenvalue weighted by molar-refractivity contribution is 5.34. The lowest BCUT2D eigenvalue weighted by Gasteiger charge is -2.16. The van der Waals surface area contributed by atoms with Crippen LogP contribution in [0.25, 0.3) is 0 Å². The van der Waals surface area contributed by atoms with Crippen molar-refractivity contribution < 1.29 is 0 Å². The smallest absolute Gasteiger partial charge is 0.152 e. The average Bonchev–Trinajstić information content (AvgIpc) is 2.83. The summed E-state index contributed by atoms with van der Waals surface area (Å²) in [5, 5.41) is 18.7. The van der Waals surface area contributed by atoms with Crippen molar-refractivity contribution in [2.45, 2.75) is 0 Å². The molecule has 3 aliphatic heterocycles. The Hall–Kier alpha value is -2.38. The lowest BCUT2D eigenvalue weighted by Crippen LogP contribution is -2.38. The minimum Gasteiger partial charge on any atom is -0.382 e. The molecule has 0 saturated heterocycles. The molecule has 0 radical (unpaired) electrons. The molecular formula is C8H14N8. The second-order valence-corrected chi connectivity index (χ2v) is 3.68. The van der Waals surface area contributed by atoms with Gasteiger partial charge in [0.2, 0.25) is 0 Å². The first-order valence-electron chi connectivity index (χ1n) is 5.03. The number of rotatable bonds is 0. The SMILES string of the molecule is NC1=C(N)NC(=C2NC3=C(NCCN3)N2)N1. The predicted octanol–water partition coefficient (Wildman–Crippen LogP) is -3.14. The molecule has 10 N–H and O–H groups in total. The number of nitrogens with one attached hydrogen (secondary N) is 6. The summed E-state index contributed by atoms with van der Waals surface area (Å²) in [5.41, 5.74) is 11.3. The van der Waals surface area contributed by atoms with Gasteiger partial charge >= 0.3 is 0 Å². The fourth-order valence-corrected chi connectivity index (χ4v) is 1.73. The van der Waals surface area contributed by atoms with Crippen molar-refractivity contribution in [1.82, 2.24) is 31.9 Å². The third kappa shape index (κ3) is 1.23. The summed E-state index contributed by atoms with van der Waals surface area (Å²) < 4.78 is 0. The molecule has 86 valence electrons. The Labute approximate surface area is 92.2 Å². The van der Waals surface area contributed by atoms with Crippen molar-refractivity contribution in [3.63, 3.8) is 0 Å². The van der Waals surface area contributed by atoms with Crippen molar-refractivity contribution in [3.05, 3.63) is 34.9 Å². The second kappa shape index (κ2) is 3.05. The van der Waals surface area contributed by atoms with Gasteiger partial charge in [0.05, 0.1) is 0 Å². The first-order valence-corrected chi connectivity index (χ1v) is 5.03. The van der Waals surface area contributed by atoms with E-state index in [0.29, 0.717) is 17.5 Å². The largest absolute Gasteiger partial charge is 0.382 e. The summed E-state index contributed by atoms with van der Waals surface area (Å²) in [6, 6.07) is 0. The average molecular weight is 222 g/mol. The zero-order valence-electron chi connectivity index (χ0n) is 8.57. The van der Waals surface area contributed by atoms with E-state index in [2.05, 4.69) is 31.9 Å². The highest BCUT2D eigenvalue weighted by atomic mass is 15.4. The fraction of sp³-hybridized carbons (Fsp3) is 0.250. The van der Waals surface area contributed by atoms with E-state index in [9.17, 15) is 0 Å². The molecule has 0 fully saturated rings. The van der Waals surface area contributed by atoms with Crippen molar-refractivity contribution in [1.29, 1.82) is 0 Å². The number of hydrogen-bond acceptors (Lipinski definition) is 8. The third-order valence-corrected chi connectivity index (χ3v) is 2.54. The van der Waals surface area contributed by atoms with Crippen LogP contribution in [0.5, 0.6) is 0 Å². The van der Waals surface area contributed by atoms with E-state index < -0.39 is 0 Å². The van der Waals surface area contributed by atoms with E-state index in [1.165, 1.54) is 0 Å². The van der Waals surface area contributed by atoms with Gasteiger partial charge in [-0.15, -0.1) is 0 Å². The summed E-state index contributed by atoms with van der Waals surface area (Å²) in [7, 11) is 0. The number of nitrogens with two attached hydrogens (primary N) is 2. The molecule has 0 aromatic rings. The van der Waals surface area contributed by atoms with E-state index in [-0.39, 0.29) is 0 Å². The van der Waals surface area contributed by atoms with Gasteiger partial charge in [-0.25, -0.2) is 0 Å². The van der Waals surface area contributed by atoms with Gasteiger partial charge in [-0.1, -0.05) is 0 Å². The maximum Gasteiger partial charge on any atom is 0.152 e. The molecule has 3 aliphatic rings.